The van der Waals surface area contributed by atoms with Gasteiger partial charge in [-0.2, -0.15) is 10.2 Å². The number of carbonyl (C=O) groups is 1. The highest BCUT2D eigenvalue weighted by molar-refractivity contribution is 6.00. The van der Waals surface area contributed by atoms with Crippen LogP contribution in [0.2, 0.25) is 0 Å². The number of amides is 1. The van der Waals surface area contributed by atoms with Crippen molar-refractivity contribution in [3.63, 3.8) is 0 Å². The molecule has 3 N–H and O–H groups in total. The highest BCUT2D eigenvalue weighted by atomic mass is 16.1. The number of aryl methyl sites for hydroxylation is 2. The standard InChI is InChI=1S/C27H25N7O/c1-18-15-21(34(2)33-18)17-29-27(35)23-8-3-4-9-24(23)30-20-10-12-22-25(31-32-26(22)16-20)13-11-19-7-5-6-14-28-19/h3-16,30H,17H2,1-2H3,(H,29,35)(H,31,32)/b13-11+. The molecule has 2 aromatic carbocycles. The summed E-state index contributed by atoms with van der Waals surface area (Å²) in [6.45, 7) is 2.33. The fourth-order valence-electron chi connectivity index (χ4n) is 3.93. The zero-order valence-corrected chi connectivity index (χ0v) is 19.5. The number of anilines is 2. The summed E-state index contributed by atoms with van der Waals surface area (Å²) in [5, 5.41) is 19.2. The molecule has 0 saturated carbocycles. The van der Waals surface area contributed by atoms with Crippen LogP contribution in [0, 0.1) is 6.92 Å². The Morgan fingerprint density at radius 3 is 2.71 bits per heavy atom. The number of carbonyl (C=O) groups excluding carboxylic acids is 1. The molecule has 0 aliphatic carbocycles. The van der Waals surface area contributed by atoms with Crippen LogP contribution in [0.15, 0.2) is 72.9 Å². The number of hydrogen-bond acceptors (Lipinski definition) is 5. The van der Waals surface area contributed by atoms with Gasteiger partial charge in [0.05, 0.1) is 46.1 Å². The van der Waals surface area contributed by atoms with Crippen LogP contribution in [-0.2, 0) is 13.6 Å². The van der Waals surface area contributed by atoms with Gasteiger partial charge in [0.2, 0.25) is 0 Å². The molecule has 0 bridgehead atoms. The summed E-state index contributed by atoms with van der Waals surface area (Å²) >= 11 is 0. The van der Waals surface area contributed by atoms with Crippen molar-refractivity contribution in [1.82, 2.24) is 30.3 Å². The van der Waals surface area contributed by atoms with E-state index in [-0.39, 0.29) is 5.91 Å². The monoisotopic (exact) mass is 463 g/mol. The van der Waals surface area contributed by atoms with E-state index in [4.69, 9.17) is 0 Å². The first kappa shape index (κ1) is 22.1. The number of aromatic nitrogens is 5. The van der Waals surface area contributed by atoms with E-state index < -0.39 is 0 Å². The van der Waals surface area contributed by atoms with Crippen LogP contribution < -0.4 is 10.6 Å². The van der Waals surface area contributed by atoms with Gasteiger partial charge >= 0.3 is 0 Å². The van der Waals surface area contributed by atoms with Crippen molar-refractivity contribution in [1.29, 1.82) is 0 Å². The Hall–Kier alpha value is -4.72. The van der Waals surface area contributed by atoms with Crippen LogP contribution in [0.5, 0.6) is 0 Å². The average molecular weight is 464 g/mol. The van der Waals surface area contributed by atoms with E-state index in [2.05, 4.69) is 30.9 Å². The van der Waals surface area contributed by atoms with E-state index in [9.17, 15) is 4.79 Å². The van der Waals surface area contributed by atoms with E-state index in [0.717, 1.165) is 45.1 Å². The Morgan fingerprint density at radius 2 is 1.91 bits per heavy atom. The fraction of sp³-hybridized carbons (Fsp3) is 0.111. The fourth-order valence-corrected chi connectivity index (χ4v) is 3.93. The minimum absolute atomic E-state index is 0.156. The molecule has 0 spiro atoms. The van der Waals surface area contributed by atoms with Gasteiger partial charge in [-0.25, -0.2) is 0 Å². The molecule has 0 radical (unpaired) electrons. The van der Waals surface area contributed by atoms with Gasteiger partial charge < -0.3 is 10.6 Å². The summed E-state index contributed by atoms with van der Waals surface area (Å²) in [6.07, 6.45) is 5.64. The molecule has 8 nitrogen and oxygen atoms in total. The molecule has 3 heterocycles. The molecule has 5 rings (SSSR count). The number of pyridine rings is 1. The lowest BCUT2D eigenvalue weighted by molar-refractivity contribution is 0.0951. The zero-order chi connectivity index (χ0) is 24.2. The van der Waals surface area contributed by atoms with Crippen LogP contribution in [0.25, 0.3) is 23.1 Å². The van der Waals surface area contributed by atoms with Gasteiger partial charge in [-0.05, 0) is 67.6 Å². The third kappa shape index (κ3) is 4.96. The van der Waals surface area contributed by atoms with Crippen molar-refractivity contribution in [3.05, 3.63) is 101 Å². The Bertz CT molecular complexity index is 1520. The molecule has 0 unspecified atom stereocenters. The lowest BCUT2D eigenvalue weighted by atomic mass is 10.1. The van der Waals surface area contributed by atoms with E-state index >= 15 is 0 Å². The third-order valence-corrected chi connectivity index (χ3v) is 5.67. The van der Waals surface area contributed by atoms with Gasteiger partial charge in [0, 0.05) is 24.3 Å². The average Bonchev–Trinajstić information content (AvgIpc) is 3.43. The largest absolute Gasteiger partial charge is 0.355 e. The quantitative estimate of drug-likeness (QED) is 0.321. The van der Waals surface area contributed by atoms with Crippen molar-refractivity contribution >= 4 is 40.3 Å². The molecule has 1 amide bonds. The Morgan fingerprint density at radius 1 is 1.06 bits per heavy atom. The molecule has 0 aliphatic heterocycles. The van der Waals surface area contributed by atoms with Crippen molar-refractivity contribution in [2.75, 3.05) is 5.32 Å². The van der Waals surface area contributed by atoms with Gasteiger partial charge in [-0.3, -0.25) is 19.6 Å². The molecule has 0 saturated heterocycles. The Kier molecular flexibility index (Phi) is 6.09. The number of fused-ring (bicyclic) bond motifs is 1. The van der Waals surface area contributed by atoms with Crippen molar-refractivity contribution < 1.29 is 4.79 Å². The molecule has 8 heteroatoms. The number of nitrogens with one attached hydrogen (secondary N) is 3. The zero-order valence-electron chi connectivity index (χ0n) is 19.5. The van der Waals surface area contributed by atoms with Crippen molar-refractivity contribution in [3.8, 4) is 0 Å². The van der Waals surface area contributed by atoms with Crippen LogP contribution in [0.1, 0.15) is 33.1 Å². The summed E-state index contributed by atoms with van der Waals surface area (Å²) < 4.78 is 1.78. The molecule has 0 aliphatic rings. The lowest BCUT2D eigenvalue weighted by Gasteiger charge is -2.12. The second-order valence-electron chi connectivity index (χ2n) is 8.21. The van der Waals surface area contributed by atoms with E-state index in [1.165, 1.54) is 0 Å². The minimum atomic E-state index is -0.156. The maximum atomic E-state index is 12.9. The molecule has 174 valence electrons. The Labute approximate surface area is 202 Å². The molecular formula is C27H25N7O. The van der Waals surface area contributed by atoms with Gasteiger partial charge in [-0.15, -0.1) is 0 Å². The number of para-hydroxylation sites is 1. The van der Waals surface area contributed by atoms with Crippen LogP contribution in [-0.4, -0.2) is 30.9 Å². The number of nitrogens with zero attached hydrogens (tertiary/aromatic N) is 4. The predicted octanol–water partition coefficient (Wildman–Crippen LogP) is 4.84. The second-order valence-corrected chi connectivity index (χ2v) is 8.21. The van der Waals surface area contributed by atoms with E-state index in [1.54, 1.807) is 16.9 Å². The SMILES string of the molecule is Cc1cc(CNC(=O)c2ccccc2Nc2ccc3c(/C=C/c4ccccn4)n[nH]c3c2)n(C)n1. The van der Waals surface area contributed by atoms with Crippen LogP contribution in [0.4, 0.5) is 11.4 Å². The molecule has 3 aromatic heterocycles. The molecule has 5 aromatic rings. The number of H-pyrrole nitrogens is 1. The first-order valence-corrected chi connectivity index (χ1v) is 11.3. The number of rotatable bonds is 7. The highest BCUT2D eigenvalue weighted by Gasteiger charge is 2.13. The minimum Gasteiger partial charge on any atom is -0.355 e. The van der Waals surface area contributed by atoms with Crippen LogP contribution >= 0.6 is 0 Å². The maximum absolute atomic E-state index is 12.9. The maximum Gasteiger partial charge on any atom is 0.253 e. The van der Waals surface area contributed by atoms with Gasteiger partial charge in [0.1, 0.15) is 0 Å². The molecule has 35 heavy (non-hydrogen) atoms. The number of aromatic amines is 1. The topological polar surface area (TPSA) is 101 Å². The highest BCUT2D eigenvalue weighted by Crippen LogP contribution is 2.26. The van der Waals surface area contributed by atoms with Crippen LogP contribution in [0.3, 0.4) is 0 Å². The van der Waals surface area contributed by atoms with Crippen molar-refractivity contribution in [2.24, 2.45) is 7.05 Å². The lowest BCUT2D eigenvalue weighted by Crippen LogP contribution is -2.24. The van der Waals surface area contributed by atoms with Gasteiger partial charge in [0.15, 0.2) is 0 Å². The summed E-state index contributed by atoms with van der Waals surface area (Å²) in [5.74, 6) is -0.156. The number of hydrogen-bond donors (Lipinski definition) is 3. The predicted molar refractivity (Wildman–Crippen MR) is 138 cm³/mol. The normalized spacial score (nSPS) is 11.3. The Balaban J connectivity index is 1.32. The molecular weight excluding hydrogens is 438 g/mol. The summed E-state index contributed by atoms with van der Waals surface area (Å²) in [7, 11) is 1.87. The van der Waals surface area contributed by atoms with Gasteiger partial charge in [0.25, 0.3) is 5.91 Å². The summed E-state index contributed by atoms with van der Waals surface area (Å²) in [4.78, 5) is 17.2. The number of benzene rings is 2. The second kappa shape index (κ2) is 9.64. The van der Waals surface area contributed by atoms with E-state index in [1.807, 2.05) is 86.8 Å². The van der Waals surface area contributed by atoms with E-state index in [0.29, 0.717) is 12.1 Å². The first-order valence-electron chi connectivity index (χ1n) is 11.3. The summed E-state index contributed by atoms with van der Waals surface area (Å²) in [6, 6.07) is 21.2. The molecule has 0 atom stereocenters. The summed E-state index contributed by atoms with van der Waals surface area (Å²) in [5.41, 5.74) is 6.60. The first-order chi connectivity index (χ1) is 17.1. The molecule has 0 fully saturated rings. The smallest absolute Gasteiger partial charge is 0.253 e. The van der Waals surface area contributed by atoms with Crippen molar-refractivity contribution in [2.45, 2.75) is 13.5 Å². The van der Waals surface area contributed by atoms with Gasteiger partial charge in [-0.1, -0.05) is 18.2 Å². The third-order valence-electron chi connectivity index (χ3n) is 5.67.